The van der Waals surface area contributed by atoms with Crippen molar-refractivity contribution in [1.82, 2.24) is 4.90 Å². The average molecular weight is 372 g/mol. The van der Waals surface area contributed by atoms with Gasteiger partial charge in [0.2, 0.25) is 5.91 Å². The van der Waals surface area contributed by atoms with Crippen LogP contribution in [0.3, 0.4) is 0 Å². The lowest BCUT2D eigenvalue weighted by molar-refractivity contribution is -0.147. The quantitative estimate of drug-likeness (QED) is 0.848. The topological polar surface area (TPSA) is 86.7 Å². The summed E-state index contributed by atoms with van der Waals surface area (Å²) in [5, 5.41) is 12.2. The first-order valence-electron chi connectivity index (χ1n) is 9.88. The highest BCUT2D eigenvalue weighted by molar-refractivity contribution is 5.97. The van der Waals surface area contributed by atoms with Crippen LogP contribution in [0.5, 0.6) is 0 Å². The SMILES string of the molecule is CC1CCN(C(=O)c2ccc(NC(=O)[C@H]3CCCC[C@@H]3C(=O)O)cc2)CC1. The van der Waals surface area contributed by atoms with Gasteiger partial charge in [0.05, 0.1) is 11.8 Å². The summed E-state index contributed by atoms with van der Waals surface area (Å²) < 4.78 is 0. The van der Waals surface area contributed by atoms with Crippen molar-refractivity contribution < 1.29 is 19.5 Å². The summed E-state index contributed by atoms with van der Waals surface area (Å²) in [6.45, 7) is 3.79. The average Bonchev–Trinajstić information content (AvgIpc) is 2.68. The van der Waals surface area contributed by atoms with Gasteiger partial charge in [0, 0.05) is 24.3 Å². The number of hydrogen-bond donors (Lipinski definition) is 2. The molecule has 1 aromatic carbocycles. The van der Waals surface area contributed by atoms with Crippen LogP contribution in [0.2, 0.25) is 0 Å². The summed E-state index contributed by atoms with van der Waals surface area (Å²) in [6.07, 6.45) is 4.96. The molecular weight excluding hydrogens is 344 g/mol. The highest BCUT2D eigenvalue weighted by Gasteiger charge is 2.35. The number of carbonyl (C=O) groups excluding carboxylic acids is 2. The minimum Gasteiger partial charge on any atom is -0.481 e. The van der Waals surface area contributed by atoms with Crippen molar-refractivity contribution in [2.75, 3.05) is 18.4 Å². The maximum Gasteiger partial charge on any atom is 0.307 e. The lowest BCUT2D eigenvalue weighted by Gasteiger charge is -2.30. The third-order valence-electron chi connectivity index (χ3n) is 5.89. The molecule has 2 atom stereocenters. The van der Waals surface area contributed by atoms with Crippen LogP contribution in [0.15, 0.2) is 24.3 Å². The molecule has 2 fully saturated rings. The van der Waals surface area contributed by atoms with Crippen LogP contribution in [0, 0.1) is 17.8 Å². The maximum absolute atomic E-state index is 12.6. The first kappa shape index (κ1) is 19.4. The number of carboxylic acid groups (broad SMARTS) is 1. The van der Waals surface area contributed by atoms with Gasteiger partial charge in [-0.3, -0.25) is 14.4 Å². The van der Waals surface area contributed by atoms with Crippen LogP contribution < -0.4 is 5.32 Å². The second kappa shape index (κ2) is 8.55. The van der Waals surface area contributed by atoms with Gasteiger partial charge in [-0.25, -0.2) is 0 Å². The molecule has 1 saturated heterocycles. The molecule has 27 heavy (non-hydrogen) atoms. The number of amides is 2. The third-order valence-corrected chi connectivity index (χ3v) is 5.89. The smallest absolute Gasteiger partial charge is 0.307 e. The number of anilines is 1. The lowest BCUT2D eigenvalue weighted by atomic mass is 9.78. The molecule has 1 heterocycles. The Bertz CT molecular complexity index is 693. The number of aliphatic carboxylic acids is 1. The number of likely N-dealkylation sites (tertiary alicyclic amines) is 1. The summed E-state index contributed by atoms with van der Waals surface area (Å²) in [4.78, 5) is 38.4. The van der Waals surface area contributed by atoms with Crippen LogP contribution in [-0.2, 0) is 9.59 Å². The van der Waals surface area contributed by atoms with Gasteiger partial charge in [0.15, 0.2) is 0 Å². The monoisotopic (exact) mass is 372 g/mol. The van der Waals surface area contributed by atoms with E-state index in [0.717, 1.165) is 38.8 Å². The number of rotatable bonds is 4. The van der Waals surface area contributed by atoms with Crippen molar-refractivity contribution in [1.29, 1.82) is 0 Å². The maximum atomic E-state index is 12.6. The number of carboxylic acids is 1. The Balaban J connectivity index is 1.61. The van der Waals surface area contributed by atoms with E-state index >= 15 is 0 Å². The van der Waals surface area contributed by atoms with E-state index in [4.69, 9.17) is 0 Å². The Kier molecular flexibility index (Phi) is 6.14. The van der Waals surface area contributed by atoms with Crippen molar-refractivity contribution >= 4 is 23.5 Å². The fourth-order valence-electron chi connectivity index (χ4n) is 4.07. The van der Waals surface area contributed by atoms with E-state index in [0.29, 0.717) is 30.0 Å². The number of hydrogen-bond acceptors (Lipinski definition) is 3. The van der Waals surface area contributed by atoms with Gasteiger partial charge in [-0.2, -0.15) is 0 Å². The largest absolute Gasteiger partial charge is 0.481 e. The lowest BCUT2D eigenvalue weighted by Crippen LogP contribution is -2.38. The molecule has 2 amide bonds. The Morgan fingerprint density at radius 3 is 2.15 bits per heavy atom. The standard InChI is InChI=1S/C21H28N2O4/c1-14-10-12-23(13-11-14)20(25)15-6-8-16(9-7-15)22-19(24)17-4-2-3-5-18(17)21(26)27/h6-9,14,17-18H,2-5,10-13H2,1H3,(H,22,24)(H,26,27)/t17-,18-/m0/s1. The van der Waals surface area contributed by atoms with Gasteiger partial charge in [-0.05, 0) is 55.9 Å². The molecule has 0 aromatic heterocycles. The highest BCUT2D eigenvalue weighted by Crippen LogP contribution is 2.31. The molecular formula is C21H28N2O4. The summed E-state index contributed by atoms with van der Waals surface area (Å²) in [7, 11) is 0. The van der Waals surface area contributed by atoms with Gasteiger partial charge in [0.1, 0.15) is 0 Å². The number of piperidine rings is 1. The number of nitrogens with one attached hydrogen (secondary N) is 1. The van der Waals surface area contributed by atoms with E-state index in [1.165, 1.54) is 0 Å². The molecule has 3 rings (SSSR count). The first-order chi connectivity index (χ1) is 13.0. The van der Waals surface area contributed by atoms with E-state index in [1.807, 2.05) is 4.90 Å². The van der Waals surface area contributed by atoms with Gasteiger partial charge in [-0.15, -0.1) is 0 Å². The first-order valence-corrected chi connectivity index (χ1v) is 9.88. The highest BCUT2D eigenvalue weighted by atomic mass is 16.4. The molecule has 146 valence electrons. The van der Waals surface area contributed by atoms with Crippen LogP contribution in [-0.4, -0.2) is 40.9 Å². The molecule has 6 heteroatoms. The Hall–Kier alpha value is -2.37. The number of benzene rings is 1. The zero-order chi connectivity index (χ0) is 19.4. The van der Waals surface area contributed by atoms with Crippen LogP contribution in [0.25, 0.3) is 0 Å². The number of carbonyl (C=O) groups is 3. The molecule has 0 radical (unpaired) electrons. The molecule has 1 saturated carbocycles. The molecule has 2 N–H and O–H groups in total. The van der Waals surface area contributed by atoms with Crippen molar-refractivity contribution in [3.05, 3.63) is 29.8 Å². The molecule has 6 nitrogen and oxygen atoms in total. The van der Waals surface area contributed by atoms with Crippen LogP contribution in [0.4, 0.5) is 5.69 Å². The molecule has 1 aliphatic carbocycles. The van der Waals surface area contributed by atoms with Gasteiger partial charge < -0.3 is 15.3 Å². The molecule has 1 aliphatic heterocycles. The molecule has 1 aromatic rings. The van der Waals surface area contributed by atoms with E-state index in [1.54, 1.807) is 24.3 Å². The van der Waals surface area contributed by atoms with Crippen molar-refractivity contribution in [3.63, 3.8) is 0 Å². The summed E-state index contributed by atoms with van der Waals surface area (Å²) in [5.41, 5.74) is 1.21. The fourth-order valence-corrected chi connectivity index (χ4v) is 4.07. The van der Waals surface area contributed by atoms with Crippen molar-refractivity contribution in [3.8, 4) is 0 Å². The third kappa shape index (κ3) is 4.67. The summed E-state index contributed by atoms with van der Waals surface area (Å²) in [5.74, 6) is -1.55. The van der Waals surface area contributed by atoms with Crippen molar-refractivity contribution in [2.45, 2.75) is 45.4 Å². The van der Waals surface area contributed by atoms with E-state index < -0.39 is 17.8 Å². The minimum absolute atomic E-state index is 0.0259. The molecule has 0 bridgehead atoms. The van der Waals surface area contributed by atoms with Gasteiger partial charge in [-0.1, -0.05) is 19.8 Å². The zero-order valence-corrected chi connectivity index (χ0v) is 15.8. The summed E-state index contributed by atoms with van der Waals surface area (Å²) >= 11 is 0. The van der Waals surface area contributed by atoms with Gasteiger partial charge in [0.25, 0.3) is 5.91 Å². The van der Waals surface area contributed by atoms with Crippen LogP contribution >= 0.6 is 0 Å². The Labute approximate surface area is 159 Å². The number of nitrogens with zero attached hydrogens (tertiary/aromatic N) is 1. The summed E-state index contributed by atoms with van der Waals surface area (Å²) in [6, 6.07) is 6.89. The normalized spacial score (nSPS) is 23.7. The minimum atomic E-state index is -0.897. The Morgan fingerprint density at radius 2 is 1.56 bits per heavy atom. The van der Waals surface area contributed by atoms with Gasteiger partial charge >= 0.3 is 5.97 Å². The zero-order valence-electron chi connectivity index (χ0n) is 15.8. The predicted octanol–water partition coefficient (Wildman–Crippen LogP) is 3.39. The van der Waals surface area contributed by atoms with E-state index in [9.17, 15) is 19.5 Å². The molecule has 2 aliphatic rings. The predicted molar refractivity (Wildman–Crippen MR) is 102 cm³/mol. The fraction of sp³-hybridized carbons (Fsp3) is 0.571. The van der Waals surface area contributed by atoms with Crippen LogP contribution in [0.1, 0.15) is 55.8 Å². The second-order valence-electron chi connectivity index (χ2n) is 7.88. The van der Waals surface area contributed by atoms with E-state index in [2.05, 4.69) is 12.2 Å². The van der Waals surface area contributed by atoms with Crippen molar-refractivity contribution in [2.24, 2.45) is 17.8 Å². The second-order valence-corrected chi connectivity index (χ2v) is 7.88. The van der Waals surface area contributed by atoms with E-state index in [-0.39, 0.29) is 11.8 Å². The molecule has 0 unspecified atom stereocenters. The molecule has 0 spiro atoms. The Morgan fingerprint density at radius 1 is 0.963 bits per heavy atom.